The smallest absolute Gasteiger partial charge is 0.422 e. The lowest BCUT2D eigenvalue weighted by atomic mass is 10.3. The van der Waals surface area contributed by atoms with Crippen LogP contribution in [-0.4, -0.2) is 4.57 Å². The van der Waals surface area contributed by atoms with Gasteiger partial charge in [-0.25, -0.2) is 9.36 Å². The van der Waals surface area contributed by atoms with E-state index in [4.69, 9.17) is 16.0 Å². The van der Waals surface area contributed by atoms with Crippen LogP contribution in [0.15, 0.2) is 118 Å². The van der Waals surface area contributed by atoms with Crippen molar-refractivity contribution in [3.8, 4) is 0 Å². The highest BCUT2D eigenvalue weighted by Gasteiger charge is 2.46. The third kappa shape index (κ3) is 3.89. The van der Waals surface area contributed by atoms with Crippen molar-refractivity contribution in [2.24, 2.45) is 0 Å². The number of oxazole rings is 1. The van der Waals surface area contributed by atoms with Crippen LogP contribution in [0.5, 0.6) is 0 Å². The summed E-state index contributed by atoms with van der Waals surface area (Å²) in [6.45, 7) is 0. The molecule has 0 aliphatic carbocycles. The summed E-state index contributed by atoms with van der Waals surface area (Å²) in [6.07, 6.45) is 0.499. The van der Waals surface area contributed by atoms with Crippen LogP contribution in [0.25, 0.3) is 11.1 Å². The van der Waals surface area contributed by atoms with Gasteiger partial charge in [-0.2, -0.15) is 0 Å². The Balaban J connectivity index is 0.00000245. The van der Waals surface area contributed by atoms with Crippen LogP contribution in [-0.2, 0) is 6.29 Å². The molecule has 32 heavy (non-hydrogen) atoms. The average Bonchev–Trinajstić information content (AvgIpc) is 3.12. The van der Waals surface area contributed by atoms with Gasteiger partial charge in [0.25, 0.3) is 0 Å². The van der Waals surface area contributed by atoms with E-state index < -0.39 is 7.26 Å². The maximum absolute atomic E-state index is 13.0. The van der Waals surface area contributed by atoms with Gasteiger partial charge in [0.05, 0.1) is 5.52 Å². The summed E-state index contributed by atoms with van der Waals surface area (Å²) in [6, 6.07) is 36.8. The van der Waals surface area contributed by atoms with Gasteiger partial charge in [0.2, 0.25) is 0 Å². The normalized spacial score (nSPS) is 11.3. The van der Waals surface area contributed by atoms with Crippen molar-refractivity contribution in [2.45, 2.75) is 6.29 Å². The van der Waals surface area contributed by atoms with Gasteiger partial charge in [0.1, 0.15) is 23.2 Å². The van der Waals surface area contributed by atoms with Crippen molar-refractivity contribution in [1.29, 1.82) is 0 Å². The van der Waals surface area contributed by atoms with Crippen LogP contribution in [0, 0.1) is 0 Å². The fourth-order valence-electron chi connectivity index (χ4n) is 4.13. The zero-order chi connectivity index (χ0) is 21.3. The molecule has 0 fully saturated rings. The Labute approximate surface area is 198 Å². The van der Waals surface area contributed by atoms with Gasteiger partial charge < -0.3 is 16.8 Å². The van der Waals surface area contributed by atoms with Crippen LogP contribution in [0.2, 0.25) is 5.02 Å². The highest BCUT2D eigenvalue weighted by atomic mass is 35.5. The Bertz CT molecular complexity index is 1290. The number of aromatic nitrogens is 1. The van der Waals surface area contributed by atoms with Crippen LogP contribution in [0.1, 0.15) is 0 Å². The van der Waals surface area contributed by atoms with E-state index in [2.05, 4.69) is 72.8 Å². The first-order valence-electron chi connectivity index (χ1n) is 10.0. The number of benzene rings is 4. The molecular formula is C26H20Cl2NO2P. The summed E-state index contributed by atoms with van der Waals surface area (Å²) < 4.78 is 7.33. The average molecular weight is 480 g/mol. The predicted octanol–water partition coefficient (Wildman–Crippen LogP) is 2.20. The van der Waals surface area contributed by atoms with Crippen molar-refractivity contribution in [2.75, 3.05) is 0 Å². The second-order valence-corrected chi connectivity index (χ2v) is 11.3. The van der Waals surface area contributed by atoms with Crippen molar-refractivity contribution in [3.05, 3.63) is 125 Å². The van der Waals surface area contributed by atoms with Crippen molar-refractivity contribution >= 4 is 45.9 Å². The van der Waals surface area contributed by atoms with E-state index in [9.17, 15) is 4.79 Å². The molecule has 6 heteroatoms. The molecular weight excluding hydrogens is 460 g/mol. The molecule has 1 heterocycles. The van der Waals surface area contributed by atoms with E-state index in [1.54, 1.807) is 16.7 Å². The molecule has 3 nitrogen and oxygen atoms in total. The molecule has 0 saturated carbocycles. The lowest BCUT2D eigenvalue weighted by molar-refractivity contribution is -0.00000646. The summed E-state index contributed by atoms with van der Waals surface area (Å²) in [7, 11) is -2.22. The second-order valence-electron chi connectivity index (χ2n) is 7.37. The summed E-state index contributed by atoms with van der Waals surface area (Å²) in [4.78, 5) is 13.0. The SMILES string of the molecule is O=c1oc2cc(Cl)ccc2n1C[P+](c1ccccc1)(c1ccccc1)c1ccccc1.[Cl-]. The number of hydrogen-bond acceptors (Lipinski definition) is 2. The first-order valence-corrected chi connectivity index (χ1v) is 12.4. The molecule has 160 valence electrons. The fraction of sp³-hybridized carbons (Fsp3) is 0.0385. The monoisotopic (exact) mass is 479 g/mol. The molecule has 5 rings (SSSR count). The summed E-state index contributed by atoms with van der Waals surface area (Å²) >= 11 is 6.14. The molecule has 1 aromatic heterocycles. The van der Waals surface area contributed by atoms with E-state index >= 15 is 0 Å². The molecule has 0 unspecified atom stereocenters. The summed E-state index contributed by atoms with van der Waals surface area (Å²) in [5.41, 5.74) is 1.26. The Morgan fingerprint density at radius 3 is 1.66 bits per heavy atom. The first kappa shape index (κ1) is 22.4. The van der Waals surface area contributed by atoms with Crippen LogP contribution >= 0.6 is 18.9 Å². The van der Waals surface area contributed by atoms with Crippen molar-refractivity contribution in [3.63, 3.8) is 0 Å². The van der Waals surface area contributed by atoms with Gasteiger partial charge in [-0.1, -0.05) is 66.2 Å². The Morgan fingerprint density at radius 2 is 1.19 bits per heavy atom. The second kappa shape index (κ2) is 9.34. The number of fused-ring (bicyclic) bond motifs is 1. The minimum absolute atomic E-state index is 0. The molecule has 0 radical (unpaired) electrons. The van der Waals surface area contributed by atoms with Crippen molar-refractivity contribution in [1.82, 2.24) is 4.57 Å². The minimum Gasteiger partial charge on any atom is -1.00 e. The Kier molecular flexibility index (Phi) is 6.53. The lowest BCUT2D eigenvalue weighted by Gasteiger charge is -2.27. The predicted molar refractivity (Wildman–Crippen MR) is 131 cm³/mol. The topological polar surface area (TPSA) is 35.1 Å². The molecule has 0 aliphatic heterocycles. The van der Waals surface area contributed by atoms with Gasteiger partial charge in [-0.15, -0.1) is 0 Å². The Morgan fingerprint density at radius 1 is 0.719 bits per heavy atom. The fourth-order valence-corrected chi connectivity index (χ4v) is 8.41. The van der Waals surface area contributed by atoms with Gasteiger partial charge in [-0.05, 0) is 48.5 Å². The first-order chi connectivity index (χ1) is 15.2. The van der Waals surface area contributed by atoms with Crippen molar-refractivity contribution < 1.29 is 16.8 Å². The van der Waals surface area contributed by atoms with Crippen LogP contribution in [0.4, 0.5) is 0 Å². The van der Waals surface area contributed by atoms with Gasteiger partial charge in [0, 0.05) is 11.1 Å². The summed E-state index contributed by atoms with van der Waals surface area (Å²) in [5, 5.41) is 4.18. The lowest BCUT2D eigenvalue weighted by Crippen LogP contribution is -3.00. The molecule has 0 spiro atoms. The molecule has 0 N–H and O–H groups in total. The maximum Gasteiger partial charge on any atom is 0.422 e. The highest BCUT2D eigenvalue weighted by molar-refractivity contribution is 7.94. The molecule has 0 atom stereocenters. The molecule has 0 amide bonds. The molecule has 4 aromatic carbocycles. The number of hydrogen-bond donors (Lipinski definition) is 0. The number of nitrogens with zero attached hydrogens (tertiary/aromatic N) is 1. The van der Waals surface area contributed by atoms with Gasteiger partial charge in [-0.3, -0.25) is 0 Å². The third-order valence-electron chi connectivity index (χ3n) is 5.57. The van der Waals surface area contributed by atoms with E-state index in [-0.39, 0.29) is 18.2 Å². The minimum atomic E-state index is -2.22. The third-order valence-corrected chi connectivity index (χ3v) is 10.1. The standard InChI is InChI=1S/C26H20ClNO2P.ClH/c27-20-16-17-24-25(18-20)30-26(29)28(24)19-31(21-10-4-1-5-11-21,22-12-6-2-7-13-22)23-14-8-3-9-15-23;/h1-18H,19H2;1H/q+1;/p-1. The van der Waals surface area contributed by atoms with E-state index in [0.717, 1.165) is 5.52 Å². The zero-order valence-electron chi connectivity index (χ0n) is 17.1. The molecule has 0 saturated heterocycles. The molecule has 0 aliphatic rings. The van der Waals surface area contributed by atoms with Gasteiger partial charge >= 0.3 is 5.76 Å². The zero-order valence-corrected chi connectivity index (χ0v) is 19.5. The highest BCUT2D eigenvalue weighted by Crippen LogP contribution is 2.56. The molecule has 0 bridgehead atoms. The largest absolute Gasteiger partial charge is 1.00 e. The van der Waals surface area contributed by atoms with Crippen LogP contribution in [0.3, 0.4) is 0 Å². The quantitative estimate of drug-likeness (QED) is 0.362. The number of rotatable bonds is 5. The van der Waals surface area contributed by atoms with E-state index in [1.165, 1.54) is 15.9 Å². The molecule has 5 aromatic rings. The van der Waals surface area contributed by atoms with E-state index in [0.29, 0.717) is 16.9 Å². The van der Waals surface area contributed by atoms with Gasteiger partial charge in [0.15, 0.2) is 11.9 Å². The maximum atomic E-state index is 13.0. The van der Waals surface area contributed by atoms with E-state index in [1.807, 2.05) is 24.3 Å². The summed E-state index contributed by atoms with van der Waals surface area (Å²) in [5.74, 6) is -0.371. The Hall–Kier alpha value is -2.84. The number of halogens is 2. The van der Waals surface area contributed by atoms with Crippen LogP contribution < -0.4 is 34.1 Å².